The zero-order valence-corrected chi connectivity index (χ0v) is 14.1. The highest BCUT2D eigenvalue weighted by molar-refractivity contribution is 5.22. The third kappa shape index (κ3) is 5.42. The van der Waals surface area contributed by atoms with Gasteiger partial charge in [0.2, 0.25) is 0 Å². The normalized spacial score (nSPS) is 17.8. The predicted molar refractivity (Wildman–Crippen MR) is 90.4 cm³/mol. The van der Waals surface area contributed by atoms with E-state index in [1.54, 1.807) is 0 Å². The average Bonchev–Trinajstić information content (AvgIpc) is 2.47. The third-order valence-electron chi connectivity index (χ3n) is 4.28. The molecular weight excluding hydrogens is 258 g/mol. The molecule has 118 valence electrons. The number of nitrogens with zero attached hydrogens (tertiary/aromatic N) is 2. The van der Waals surface area contributed by atoms with Gasteiger partial charge in [0.25, 0.3) is 0 Å². The molecule has 3 heteroatoms. The van der Waals surface area contributed by atoms with Crippen LogP contribution in [-0.4, -0.2) is 48.1 Å². The SMILES string of the molecule is CC(C)NCc1ccc(CN2CCN(C(C)C)CC2)cc1. The molecule has 1 heterocycles. The molecule has 0 radical (unpaired) electrons. The number of rotatable bonds is 6. The van der Waals surface area contributed by atoms with E-state index in [2.05, 4.69) is 67.1 Å². The van der Waals surface area contributed by atoms with Crippen molar-refractivity contribution < 1.29 is 0 Å². The van der Waals surface area contributed by atoms with Gasteiger partial charge in [0, 0.05) is 51.4 Å². The van der Waals surface area contributed by atoms with Gasteiger partial charge in [0.15, 0.2) is 0 Å². The molecule has 0 unspecified atom stereocenters. The van der Waals surface area contributed by atoms with E-state index in [1.165, 1.54) is 37.3 Å². The van der Waals surface area contributed by atoms with Crippen molar-refractivity contribution in [2.24, 2.45) is 0 Å². The fourth-order valence-corrected chi connectivity index (χ4v) is 2.78. The minimum atomic E-state index is 0.543. The second kappa shape index (κ2) is 7.92. The summed E-state index contributed by atoms with van der Waals surface area (Å²) < 4.78 is 0. The molecule has 0 spiro atoms. The summed E-state index contributed by atoms with van der Waals surface area (Å²) in [6, 6.07) is 10.3. The molecule has 0 aromatic heterocycles. The van der Waals surface area contributed by atoms with Crippen molar-refractivity contribution in [3.05, 3.63) is 35.4 Å². The first-order chi connectivity index (χ1) is 10.0. The first-order valence-corrected chi connectivity index (χ1v) is 8.32. The standard InChI is InChI=1S/C18H31N3/c1-15(2)19-13-17-5-7-18(8-6-17)14-20-9-11-21(12-10-20)16(3)4/h5-8,15-16,19H,9-14H2,1-4H3. The highest BCUT2D eigenvalue weighted by atomic mass is 15.3. The highest BCUT2D eigenvalue weighted by Gasteiger charge is 2.18. The lowest BCUT2D eigenvalue weighted by Crippen LogP contribution is -2.48. The fraction of sp³-hybridized carbons (Fsp3) is 0.667. The number of hydrogen-bond donors (Lipinski definition) is 1. The van der Waals surface area contributed by atoms with E-state index >= 15 is 0 Å². The van der Waals surface area contributed by atoms with Crippen molar-refractivity contribution >= 4 is 0 Å². The first kappa shape index (κ1) is 16.5. The van der Waals surface area contributed by atoms with Gasteiger partial charge < -0.3 is 5.32 Å². The summed E-state index contributed by atoms with van der Waals surface area (Å²) in [6.07, 6.45) is 0. The van der Waals surface area contributed by atoms with E-state index in [0.29, 0.717) is 12.1 Å². The van der Waals surface area contributed by atoms with E-state index in [1.807, 2.05) is 0 Å². The lowest BCUT2D eigenvalue weighted by Gasteiger charge is -2.36. The summed E-state index contributed by atoms with van der Waals surface area (Å²) in [6.45, 7) is 15.8. The van der Waals surface area contributed by atoms with Crippen LogP contribution in [0.5, 0.6) is 0 Å². The lowest BCUT2D eigenvalue weighted by atomic mass is 10.1. The van der Waals surface area contributed by atoms with Crippen molar-refractivity contribution in [1.82, 2.24) is 15.1 Å². The van der Waals surface area contributed by atoms with Crippen LogP contribution in [0, 0.1) is 0 Å². The summed E-state index contributed by atoms with van der Waals surface area (Å²) in [5.74, 6) is 0. The quantitative estimate of drug-likeness (QED) is 0.869. The molecule has 1 saturated heterocycles. The highest BCUT2D eigenvalue weighted by Crippen LogP contribution is 2.11. The molecule has 0 amide bonds. The Morgan fingerprint density at radius 1 is 0.905 bits per heavy atom. The van der Waals surface area contributed by atoms with E-state index in [0.717, 1.165) is 13.1 Å². The van der Waals surface area contributed by atoms with Crippen LogP contribution in [0.15, 0.2) is 24.3 Å². The van der Waals surface area contributed by atoms with Crippen LogP contribution in [0.4, 0.5) is 0 Å². The first-order valence-electron chi connectivity index (χ1n) is 8.32. The maximum atomic E-state index is 3.46. The molecule has 0 saturated carbocycles. The van der Waals surface area contributed by atoms with Gasteiger partial charge in [-0.1, -0.05) is 38.1 Å². The topological polar surface area (TPSA) is 18.5 Å². The number of hydrogen-bond acceptors (Lipinski definition) is 3. The van der Waals surface area contributed by atoms with Crippen LogP contribution >= 0.6 is 0 Å². The summed E-state index contributed by atoms with van der Waals surface area (Å²) >= 11 is 0. The number of nitrogens with one attached hydrogen (secondary N) is 1. The molecule has 1 aromatic carbocycles. The second-order valence-electron chi connectivity index (χ2n) is 6.76. The van der Waals surface area contributed by atoms with Gasteiger partial charge in [-0.3, -0.25) is 9.80 Å². The van der Waals surface area contributed by atoms with Gasteiger partial charge in [0.1, 0.15) is 0 Å². The maximum Gasteiger partial charge on any atom is 0.0234 e. The average molecular weight is 289 g/mol. The van der Waals surface area contributed by atoms with Crippen LogP contribution in [0.3, 0.4) is 0 Å². The van der Waals surface area contributed by atoms with Crippen molar-refractivity contribution in [2.45, 2.75) is 52.9 Å². The van der Waals surface area contributed by atoms with Crippen LogP contribution < -0.4 is 5.32 Å². The van der Waals surface area contributed by atoms with Gasteiger partial charge in [-0.2, -0.15) is 0 Å². The fourth-order valence-electron chi connectivity index (χ4n) is 2.78. The predicted octanol–water partition coefficient (Wildman–Crippen LogP) is 2.71. The Hall–Kier alpha value is -0.900. The molecule has 1 aliphatic rings. The summed E-state index contributed by atoms with van der Waals surface area (Å²) in [4.78, 5) is 5.14. The van der Waals surface area contributed by atoms with E-state index < -0.39 is 0 Å². The summed E-state index contributed by atoms with van der Waals surface area (Å²) in [5, 5.41) is 3.46. The molecule has 0 atom stereocenters. The number of piperazine rings is 1. The molecule has 2 rings (SSSR count). The van der Waals surface area contributed by atoms with Gasteiger partial charge >= 0.3 is 0 Å². The molecule has 1 aromatic rings. The molecule has 3 nitrogen and oxygen atoms in total. The maximum absolute atomic E-state index is 3.46. The van der Waals surface area contributed by atoms with Gasteiger partial charge in [-0.15, -0.1) is 0 Å². The van der Waals surface area contributed by atoms with Crippen molar-refractivity contribution in [2.75, 3.05) is 26.2 Å². The van der Waals surface area contributed by atoms with Gasteiger partial charge in [0.05, 0.1) is 0 Å². The minimum absolute atomic E-state index is 0.543. The second-order valence-corrected chi connectivity index (χ2v) is 6.76. The Bertz CT molecular complexity index is 403. The Morgan fingerprint density at radius 2 is 1.48 bits per heavy atom. The van der Waals surface area contributed by atoms with E-state index in [9.17, 15) is 0 Å². The van der Waals surface area contributed by atoms with Gasteiger partial charge in [-0.25, -0.2) is 0 Å². The van der Waals surface area contributed by atoms with Crippen molar-refractivity contribution in [1.29, 1.82) is 0 Å². The van der Waals surface area contributed by atoms with Crippen molar-refractivity contribution in [3.8, 4) is 0 Å². The Balaban J connectivity index is 1.78. The molecule has 1 aliphatic heterocycles. The monoisotopic (exact) mass is 289 g/mol. The summed E-state index contributed by atoms with van der Waals surface area (Å²) in [7, 11) is 0. The Labute approximate surface area is 130 Å². The third-order valence-corrected chi connectivity index (χ3v) is 4.28. The molecule has 1 fully saturated rings. The zero-order valence-electron chi connectivity index (χ0n) is 14.1. The van der Waals surface area contributed by atoms with Crippen LogP contribution in [0.25, 0.3) is 0 Å². The number of benzene rings is 1. The largest absolute Gasteiger partial charge is 0.310 e. The van der Waals surface area contributed by atoms with Crippen LogP contribution in [0.2, 0.25) is 0 Å². The lowest BCUT2D eigenvalue weighted by molar-refractivity contribution is 0.104. The van der Waals surface area contributed by atoms with Crippen molar-refractivity contribution in [3.63, 3.8) is 0 Å². The molecule has 0 aliphatic carbocycles. The molecule has 1 N–H and O–H groups in total. The molecule has 0 bridgehead atoms. The molecule has 21 heavy (non-hydrogen) atoms. The van der Waals surface area contributed by atoms with E-state index in [-0.39, 0.29) is 0 Å². The zero-order chi connectivity index (χ0) is 15.2. The Morgan fingerprint density at radius 3 is 2.00 bits per heavy atom. The van der Waals surface area contributed by atoms with Crippen LogP contribution in [-0.2, 0) is 13.1 Å². The smallest absolute Gasteiger partial charge is 0.0234 e. The summed E-state index contributed by atoms with van der Waals surface area (Å²) in [5.41, 5.74) is 2.80. The van der Waals surface area contributed by atoms with Crippen LogP contribution in [0.1, 0.15) is 38.8 Å². The minimum Gasteiger partial charge on any atom is -0.310 e. The molecular formula is C18H31N3. The Kier molecular flexibility index (Phi) is 6.22. The van der Waals surface area contributed by atoms with E-state index in [4.69, 9.17) is 0 Å². The van der Waals surface area contributed by atoms with Gasteiger partial charge in [-0.05, 0) is 25.0 Å².